The monoisotopic (exact) mass is 277 g/mol. The van der Waals surface area contributed by atoms with Crippen molar-refractivity contribution in [2.24, 2.45) is 0 Å². The standard InChI is InChI=1S/C19H19NO/c1-20(18-9-3-2-4-10-18)13-14-21-19-12-11-16-7-5-6-8-17(16)15-19/h2-12,15H,13-14H2,1H3. The Bertz CT molecular complexity index is 709. The molecule has 0 unspecified atom stereocenters. The van der Waals surface area contributed by atoms with E-state index in [0.717, 1.165) is 12.3 Å². The molecule has 0 heterocycles. The van der Waals surface area contributed by atoms with Gasteiger partial charge in [0, 0.05) is 12.7 Å². The zero-order chi connectivity index (χ0) is 14.5. The minimum atomic E-state index is 0.670. The molecule has 2 heteroatoms. The second-order valence-corrected chi connectivity index (χ2v) is 5.11. The normalized spacial score (nSPS) is 10.5. The molecule has 0 aliphatic carbocycles. The lowest BCUT2D eigenvalue weighted by molar-refractivity contribution is 0.326. The second kappa shape index (κ2) is 6.31. The van der Waals surface area contributed by atoms with E-state index in [1.54, 1.807) is 0 Å². The van der Waals surface area contributed by atoms with Crippen LogP contribution < -0.4 is 9.64 Å². The highest BCUT2D eigenvalue weighted by Crippen LogP contribution is 2.20. The van der Waals surface area contributed by atoms with Crippen LogP contribution >= 0.6 is 0 Å². The summed E-state index contributed by atoms with van der Waals surface area (Å²) >= 11 is 0. The number of nitrogens with zero attached hydrogens (tertiary/aromatic N) is 1. The summed E-state index contributed by atoms with van der Waals surface area (Å²) in [5, 5.41) is 2.46. The highest BCUT2D eigenvalue weighted by Gasteiger charge is 2.01. The molecule has 0 saturated carbocycles. The Labute approximate surface area is 125 Å². The number of rotatable bonds is 5. The van der Waals surface area contributed by atoms with E-state index in [1.165, 1.54) is 16.5 Å². The molecule has 0 N–H and O–H groups in total. The molecule has 0 fully saturated rings. The quantitative estimate of drug-likeness (QED) is 0.687. The Morgan fingerprint density at radius 1 is 0.810 bits per heavy atom. The molecule has 0 aliphatic rings. The predicted octanol–water partition coefficient (Wildman–Crippen LogP) is 4.36. The highest BCUT2D eigenvalue weighted by atomic mass is 16.5. The van der Waals surface area contributed by atoms with Gasteiger partial charge < -0.3 is 9.64 Å². The van der Waals surface area contributed by atoms with E-state index in [-0.39, 0.29) is 0 Å². The number of benzene rings is 3. The summed E-state index contributed by atoms with van der Waals surface area (Å²) in [4.78, 5) is 2.20. The van der Waals surface area contributed by atoms with Crippen LogP contribution in [0.3, 0.4) is 0 Å². The minimum absolute atomic E-state index is 0.670. The maximum Gasteiger partial charge on any atom is 0.120 e. The summed E-state index contributed by atoms with van der Waals surface area (Å²) in [7, 11) is 2.08. The molecule has 0 saturated heterocycles. The van der Waals surface area contributed by atoms with Gasteiger partial charge in [0.05, 0.1) is 6.54 Å². The Hall–Kier alpha value is -2.48. The average Bonchev–Trinajstić information content (AvgIpc) is 2.55. The Kier molecular flexibility index (Phi) is 4.06. The average molecular weight is 277 g/mol. The molecule has 0 atom stereocenters. The molecule has 0 spiro atoms. The number of hydrogen-bond acceptors (Lipinski definition) is 2. The van der Waals surface area contributed by atoms with Gasteiger partial charge in [-0.2, -0.15) is 0 Å². The molecule has 3 aromatic rings. The zero-order valence-corrected chi connectivity index (χ0v) is 12.2. The summed E-state index contributed by atoms with van der Waals surface area (Å²) in [5.41, 5.74) is 1.21. The smallest absolute Gasteiger partial charge is 0.120 e. The van der Waals surface area contributed by atoms with Gasteiger partial charge in [0.1, 0.15) is 12.4 Å². The van der Waals surface area contributed by atoms with Crippen molar-refractivity contribution in [3.63, 3.8) is 0 Å². The number of likely N-dealkylation sites (N-methyl/N-ethyl adjacent to an activating group) is 1. The minimum Gasteiger partial charge on any atom is -0.492 e. The molecule has 0 bridgehead atoms. The van der Waals surface area contributed by atoms with Gasteiger partial charge in [-0.15, -0.1) is 0 Å². The summed E-state index contributed by atoms with van der Waals surface area (Å²) in [6.07, 6.45) is 0. The Morgan fingerprint density at radius 3 is 2.33 bits per heavy atom. The van der Waals surface area contributed by atoms with Crippen molar-refractivity contribution in [1.29, 1.82) is 0 Å². The SMILES string of the molecule is CN(CCOc1ccc2ccccc2c1)c1ccccc1. The molecule has 3 aromatic carbocycles. The maximum absolute atomic E-state index is 5.86. The van der Waals surface area contributed by atoms with Crippen LogP contribution in [-0.2, 0) is 0 Å². The summed E-state index contributed by atoms with van der Waals surface area (Å²) in [6.45, 7) is 1.53. The number of fused-ring (bicyclic) bond motifs is 1. The van der Waals surface area contributed by atoms with E-state index < -0.39 is 0 Å². The van der Waals surface area contributed by atoms with Gasteiger partial charge in [0.2, 0.25) is 0 Å². The fraction of sp³-hybridized carbons (Fsp3) is 0.158. The van der Waals surface area contributed by atoms with Crippen molar-refractivity contribution < 1.29 is 4.74 Å². The molecular formula is C19H19NO. The fourth-order valence-electron chi connectivity index (χ4n) is 2.37. The van der Waals surface area contributed by atoms with Gasteiger partial charge in [0.15, 0.2) is 0 Å². The van der Waals surface area contributed by atoms with E-state index >= 15 is 0 Å². The molecular weight excluding hydrogens is 258 g/mol. The lowest BCUT2D eigenvalue weighted by Crippen LogP contribution is -2.23. The van der Waals surface area contributed by atoms with Crippen molar-refractivity contribution in [3.8, 4) is 5.75 Å². The van der Waals surface area contributed by atoms with Crippen LogP contribution in [0.4, 0.5) is 5.69 Å². The molecule has 106 valence electrons. The number of hydrogen-bond donors (Lipinski definition) is 0. The van der Waals surface area contributed by atoms with Crippen LogP contribution in [0, 0.1) is 0 Å². The number of para-hydroxylation sites is 1. The van der Waals surface area contributed by atoms with Crippen molar-refractivity contribution in [1.82, 2.24) is 0 Å². The van der Waals surface area contributed by atoms with Gasteiger partial charge in [-0.1, -0.05) is 48.5 Å². The lowest BCUT2D eigenvalue weighted by Gasteiger charge is -2.19. The second-order valence-electron chi connectivity index (χ2n) is 5.11. The molecule has 2 nitrogen and oxygen atoms in total. The topological polar surface area (TPSA) is 12.5 Å². The van der Waals surface area contributed by atoms with Crippen LogP contribution in [0.15, 0.2) is 72.8 Å². The molecule has 0 aromatic heterocycles. The molecule has 21 heavy (non-hydrogen) atoms. The van der Waals surface area contributed by atoms with Crippen LogP contribution in [-0.4, -0.2) is 20.2 Å². The van der Waals surface area contributed by atoms with E-state index in [2.05, 4.69) is 72.6 Å². The fourth-order valence-corrected chi connectivity index (χ4v) is 2.37. The third-order valence-electron chi connectivity index (χ3n) is 3.61. The number of anilines is 1. The zero-order valence-electron chi connectivity index (χ0n) is 12.2. The molecule has 0 amide bonds. The van der Waals surface area contributed by atoms with Crippen molar-refractivity contribution in [3.05, 3.63) is 72.8 Å². The predicted molar refractivity (Wildman–Crippen MR) is 89.2 cm³/mol. The molecule has 3 rings (SSSR count). The lowest BCUT2D eigenvalue weighted by atomic mass is 10.1. The van der Waals surface area contributed by atoms with Gasteiger partial charge in [-0.25, -0.2) is 0 Å². The summed E-state index contributed by atoms with van der Waals surface area (Å²) < 4.78 is 5.86. The summed E-state index contributed by atoms with van der Waals surface area (Å²) in [6, 6.07) is 24.9. The van der Waals surface area contributed by atoms with Crippen molar-refractivity contribution >= 4 is 16.5 Å². The van der Waals surface area contributed by atoms with Gasteiger partial charge in [0.25, 0.3) is 0 Å². The Balaban J connectivity index is 1.59. The van der Waals surface area contributed by atoms with Gasteiger partial charge in [-0.05, 0) is 35.0 Å². The van der Waals surface area contributed by atoms with Crippen molar-refractivity contribution in [2.45, 2.75) is 0 Å². The van der Waals surface area contributed by atoms with E-state index in [4.69, 9.17) is 4.74 Å². The summed E-state index contributed by atoms with van der Waals surface area (Å²) in [5.74, 6) is 0.926. The van der Waals surface area contributed by atoms with Crippen LogP contribution in [0.1, 0.15) is 0 Å². The first-order chi connectivity index (χ1) is 10.3. The van der Waals surface area contributed by atoms with E-state index in [0.29, 0.717) is 6.61 Å². The van der Waals surface area contributed by atoms with E-state index in [1.807, 2.05) is 12.1 Å². The van der Waals surface area contributed by atoms with Gasteiger partial charge in [-0.3, -0.25) is 0 Å². The van der Waals surface area contributed by atoms with Gasteiger partial charge >= 0.3 is 0 Å². The first kappa shape index (κ1) is 13.5. The maximum atomic E-state index is 5.86. The van der Waals surface area contributed by atoms with Crippen LogP contribution in [0.25, 0.3) is 10.8 Å². The first-order valence-electron chi connectivity index (χ1n) is 7.21. The molecule has 0 aliphatic heterocycles. The first-order valence-corrected chi connectivity index (χ1v) is 7.21. The Morgan fingerprint density at radius 2 is 1.52 bits per heavy atom. The van der Waals surface area contributed by atoms with Crippen LogP contribution in [0.2, 0.25) is 0 Å². The van der Waals surface area contributed by atoms with Crippen molar-refractivity contribution in [2.75, 3.05) is 25.1 Å². The van der Waals surface area contributed by atoms with E-state index in [9.17, 15) is 0 Å². The molecule has 0 radical (unpaired) electrons. The largest absolute Gasteiger partial charge is 0.492 e. The third kappa shape index (κ3) is 3.34. The van der Waals surface area contributed by atoms with Crippen LogP contribution in [0.5, 0.6) is 5.75 Å². The third-order valence-corrected chi connectivity index (χ3v) is 3.61. The highest BCUT2D eigenvalue weighted by molar-refractivity contribution is 5.83. The number of ether oxygens (including phenoxy) is 1.